The lowest BCUT2D eigenvalue weighted by Crippen LogP contribution is -2.03. The molecule has 0 aliphatic rings. The summed E-state index contributed by atoms with van der Waals surface area (Å²) in [7, 11) is 0. The quantitative estimate of drug-likeness (QED) is 0.621. The van der Waals surface area contributed by atoms with Crippen molar-refractivity contribution in [3.63, 3.8) is 0 Å². The Kier molecular flexibility index (Phi) is 3.50. The van der Waals surface area contributed by atoms with Crippen LogP contribution in [0, 0.1) is 6.92 Å². The van der Waals surface area contributed by atoms with Crippen LogP contribution in [0.15, 0.2) is 66.9 Å². The van der Waals surface area contributed by atoms with Gasteiger partial charge in [-0.15, -0.1) is 0 Å². The molecule has 0 amide bonds. The van der Waals surface area contributed by atoms with E-state index in [4.69, 9.17) is 4.98 Å². The van der Waals surface area contributed by atoms with Crippen LogP contribution in [0.25, 0.3) is 16.9 Å². The summed E-state index contributed by atoms with van der Waals surface area (Å²) in [5.74, 6) is 1.18. The van der Waals surface area contributed by atoms with Gasteiger partial charge in [0, 0.05) is 18.3 Å². The summed E-state index contributed by atoms with van der Waals surface area (Å²) in [5, 5.41) is 9.56. The molecule has 0 atom stereocenters. The summed E-state index contributed by atoms with van der Waals surface area (Å²) in [4.78, 5) is 9.26. The predicted octanol–water partition coefficient (Wildman–Crippen LogP) is 4.03. The van der Waals surface area contributed by atoms with Crippen molar-refractivity contribution in [3.05, 3.63) is 83.8 Å². The van der Waals surface area contributed by atoms with Crippen molar-refractivity contribution in [2.24, 2.45) is 0 Å². The van der Waals surface area contributed by atoms with Gasteiger partial charge in [0.1, 0.15) is 17.1 Å². The van der Waals surface area contributed by atoms with Crippen molar-refractivity contribution in [2.75, 3.05) is 0 Å². The SMILES string of the molecule is Cc1ccc(Cc2nc3cccnc3n2-c2ccc(O)cc2)cc1. The van der Waals surface area contributed by atoms with Gasteiger partial charge in [-0.2, -0.15) is 0 Å². The first-order valence-corrected chi connectivity index (χ1v) is 7.88. The standard InChI is InChI=1S/C20H17N3O/c1-14-4-6-15(7-5-14)13-19-22-18-3-2-12-21-20(18)23(19)16-8-10-17(24)11-9-16/h2-12,24H,13H2,1H3. The molecule has 24 heavy (non-hydrogen) atoms. The molecule has 0 saturated heterocycles. The summed E-state index contributed by atoms with van der Waals surface area (Å²) in [5.41, 5.74) is 5.08. The number of pyridine rings is 1. The second kappa shape index (κ2) is 5.81. The molecule has 4 aromatic rings. The highest BCUT2D eigenvalue weighted by Gasteiger charge is 2.13. The molecule has 4 nitrogen and oxygen atoms in total. The summed E-state index contributed by atoms with van der Waals surface area (Å²) in [6, 6.07) is 19.5. The van der Waals surface area contributed by atoms with Gasteiger partial charge < -0.3 is 5.11 Å². The van der Waals surface area contributed by atoms with E-state index in [2.05, 4.69) is 40.7 Å². The molecule has 0 unspecified atom stereocenters. The number of hydrogen-bond acceptors (Lipinski definition) is 3. The van der Waals surface area contributed by atoms with E-state index in [1.165, 1.54) is 11.1 Å². The topological polar surface area (TPSA) is 50.9 Å². The molecule has 0 saturated carbocycles. The fraction of sp³-hybridized carbons (Fsp3) is 0.100. The molecular weight excluding hydrogens is 298 g/mol. The zero-order valence-corrected chi connectivity index (χ0v) is 13.3. The van der Waals surface area contributed by atoms with Crippen molar-refractivity contribution >= 4 is 11.2 Å². The van der Waals surface area contributed by atoms with E-state index in [0.29, 0.717) is 0 Å². The molecule has 0 bridgehead atoms. The van der Waals surface area contributed by atoms with Crippen LogP contribution in [0.2, 0.25) is 0 Å². The maximum absolute atomic E-state index is 9.56. The molecule has 2 aromatic heterocycles. The lowest BCUT2D eigenvalue weighted by atomic mass is 10.1. The minimum absolute atomic E-state index is 0.246. The van der Waals surface area contributed by atoms with Gasteiger partial charge >= 0.3 is 0 Å². The lowest BCUT2D eigenvalue weighted by Gasteiger charge is -2.09. The Morgan fingerprint density at radius 3 is 2.46 bits per heavy atom. The number of hydrogen-bond donors (Lipinski definition) is 1. The van der Waals surface area contributed by atoms with E-state index < -0.39 is 0 Å². The third-order valence-corrected chi connectivity index (χ3v) is 4.08. The fourth-order valence-electron chi connectivity index (χ4n) is 2.84. The average Bonchev–Trinajstić information content (AvgIpc) is 2.96. The van der Waals surface area contributed by atoms with Crippen molar-refractivity contribution in [3.8, 4) is 11.4 Å². The maximum atomic E-state index is 9.56. The number of aromatic nitrogens is 3. The minimum Gasteiger partial charge on any atom is -0.508 e. The Morgan fingerprint density at radius 1 is 0.958 bits per heavy atom. The van der Waals surface area contributed by atoms with Gasteiger partial charge in [-0.05, 0) is 48.9 Å². The third kappa shape index (κ3) is 2.63. The molecule has 0 spiro atoms. The molecule has 4 rings (SSSR count). The zero-order chi connectivity index (χ0) is 16.5. The number of nitrogens with zero attached hydrogens (tertiary/aromatic N) is 3. The second-order valence-corrected chi connectivity index (χ2v) is 5.89. The van der Waals surface area contributed by atoms with E-state index in [-0.39, 0.29) is 5.75 Å². The first-order chi connectivity index (χ1) is 11.7. The van der Waals surface area contributed by atoms with Crippen LogP contribution in [0.1, 0.15) is 17.0 Å². The van der Waals surface area contributed by atoms with Gasteiger partial charge in [0.15, 0.2) is 5.65 Å². The zero-order valence-electron chi connectivity index (χ0n) is 13.3. The normalized spacial score (nSPS) is 11.0. The van der Waals surface area contributed by atoms with Crippen LogP contribution >= 0.6 is 0 Å². The summed E-state index contributed by atoms with van der Waals surface area (Å²) >= 11 is 0. The Balaban J connectivity index is 1.86. The number of phenolic OH excluding ortho intramolecular Hbond substituents is 1. The van der Waals surface area contributed by atoms with Gasteiger partial charge in [-0.1, -0.05) is 29.8 Å². The van der Waals surface area contributed by atoms with Crippen molar-refractivity contribution in [1.82, 2.24) is 14.5 Å². The highest BCUT2D eigenvalue weighted by atomic mass is 16.3. The number of benzene rings is 2. The third-order valence-electron chi connectivity index (χ3n) is 4.08. The van der Waals surface area contributed by atoms with Crippen LogP contribution in [0.3, 0.4) is 0 Å². The molecular formula is C20H17N3O. The summed E-state index contributed by atoms with van der Waals surface area (Å²) in [6.45, 7) is 2.08. The fourth-order valence-corrected chi connectivity index (χ4v) is 2.84. The molecule has 0 radical (unpaired) electrons. The molecule has 118 valence electrons. The number of imidazole rings is 1. The predicted molar refractivity (Wildman–Crippen MR) is 94.5 cm³/mol. The van der Waals surface area contributed by atoms with E-state index in [1.54, 1.807) is 18.3 Å². The van der Waals surface area contributed by atoms with Crippen molar-refractivity contribution in [1.29, 1.82) is 0 Å². The van der Waals surface area contributed by atoms with Crippen LogP contribution in [-0.4, -0.2) is 19.6 Å². The van der Waals surface area contributed by atoms with Crippen LogP contribution < -0.4 is 0 Å². The van der Waals surface area contributed by atoms with E-state index in [1.807, 2.05) is 24.3 Å². The molecule has 1 N–H and O–H groups in total. The second-order valence-electron chi connectivity index (χ2n) is 5.89. The van der Waals surface area contributed by atoms with Crippen molar-refractivity contribution in [2.45, 2.75) is 13.3 Å². The first kappa shape index (κ1) is 14.5. The maximum Gasteiger partial charge on any atom is 0.164 e. The Labute approximate surface area is 140 Å². The van der Waals surface area contributed by atoms with Crippen LogP contribution in [0.5, 0.6) is 5.75 Å². The summed E-state index contributed by atoms with van der Waals surface area (Å²) < 4.78 is 2.05. The van der Waals surface area contributed by atoms with Gasteiger partial charge in [-0.3, -0.25) is 4.57 Å². The molecule has 0 aliphatic carbocycles. The van der Waals surface area contributed by atoms with Crippen molar-refractivity contribution < 1.29 is 5.11 Å². The van der Waals surface area contributed by atoms with Crippen LogP contribution in [0.4, 0.5) is 0 Å². The van der Waals surface area contributed by atoms with E-state index in [0.717, 1.165) is 29.1 Å². The van der Waals surface area contributed by atoms with Crippen LogP contribution in [-0.2, 0) is 6.42 Å². The summed E-state index contributed by atoms with van der Waals surface area (Å²) in [6.07, 6.45) is 2.49. The molecule has 0 fully saturated rings. The Bertz CT molecular complexity index is 986. The number of aryl methyl sites for hydroxylation is 1. The molecule has 0 aliphatic heterocycles. The van der Waals surface area contributed by atoms with Gasteiger partial charge in [0.2, 0.25) is 0 Å². The van der Waals surface area contributed by atoms with Gasteiger partial charge in [0.05, 0.1) is 0 Å². The number of fused-ring (bicyclic) bond motifs is 1. The van der Waals surface area contributed by atoms with E-state index in [9.17, 15) is 5.11 Å². The van der Waals surface area contributed by atoms with Gasteiger partial charge in [0.25, 0.3) is 0 Å². The molecule has 4 heteroatoms. The highest BCUT2D eigenvalue weighted by molar-refractivity contribution is 5.74. The number of phenols is 1. The first-order valence-electron chi connectivity index (χ1n) is 7.88. The lowest BCUT2D eigenvalue weighted by molar-refractivity contribution is 0.475. The Hall–Kier alpha value is -3.14. The number of aromatic hydroxyl groups is 1. The van der Waals surface area contributed by atoms with Gasteiger partial charge in [-0.25, -0.2) is 9.97 Å². The average molecular weight is 315 g/mol. The van der Waals surface area contributed by atoms with E-state index >= 15 is 0 Å². The molecule has 2 heterocycles. The Morgan fingerprint density at radius 2 is 1.71 bits per heavy atom. The molecule has 2 aromatic carbocycles. The monoisotopic (exact) mass is 315 g/mol. The highest BCUT2D eigenvalue weighted by Crippen LogP contribution is 2.23. The largest absolute Gasteiger partial charge is 0.508 e. The minimum atomic E-state index is 0.246. The smallest absolute Gasteiger partial charge is 0.164 e. The number of rotatable bonds is 3.